The molecule has 0 spiro atoms. The lowest BCUT2D eigenvalue weighted by Gasteiger charge is -2.01. The van der Waals surface area contributed by atoms with Gasteiger partial charge in [-0.1, -0.05) is 30.4 Å². The van der Waals surface area contributed by atoms with Crippen LogP contribution in [0.15, 0.2) is 30.5 Å². The monoisotopic (exact) mass is 302 g/mol. The zero-order valence-corrected chi connectivity index (χ0v) is 12.5. The van der Waals surface area contributed by atoms with Crippen LogP contribution in [-0.2, 0) is 6.42 Å². The number of rotatable bonds is 4. The van der Waals surface area contributed by atoms with Crippen molar-refractivity contribution in [3.8, 4) is 17.0 Å². The second kappa shape index (κ2) is 5.21. The number of carboxylic acids is 1. The van der Waals surface area contributed by atoms with Gasteiger partial charge in [0.15, 0.2) is 4.96 Å². The van der Waals surface area contributed by atoms with Crippen LogP contribution in [0.4, 0.5) is 0 Å². The minimum Gasteiger partial charge on any atom is -0.497 e. The van der Waals surface area contributed by atoms with Gasteiger partial charge in [0.1, 0.15) is 10.6 Å². The average molecular weight is 302 g/mol. The number of benzene rings is 1. The first-order chi connectivity index (χ1) is 10.1. The first kappa shape index (κ1) is 13.6. The first-order valence-electron chi connectivity index (χ1n) is 6.52. The number of carboxylic acid groups (broad SMARTS) is 1. The van der Waals surface area contributed by atoms with E-state index in [1.807, 2.05) is 41.8 Å². The van der Waals surface area contributed by atoms with Crippen molar-refractivity contribution >= 4 is 22.3 Å². The topological polar surface area (TPSA) is 63.8 Å². The molecule has 5 nitrogen and oxygen atoms in total. The van der Waals surface area contributed by atoms with E-state index in [0.29, 0.717) is 16.3 Å². The van der Waals surface area contributed by atoms with E-state index in [0.717, 1.165) is 22.7 Å². The van der Waals surface area contributed by atoms with E-state index in [2.05, 4.69) is 4.98 Å². The molecule has 0 saturated heterocycles. The highest BCUT2D eigenvalue weighted by Gasteiger charge is 2.18. The van der Waals surface area contributed by atoms with E-state index in [4.69, 9.17) is 4.74 Å². The fourth-order valence-electron chi connectivity index (χ4n) is 2.31. The van der Waals surface area contributed by atoms with Gasteiger partial charge in [0.25, 0.3) is 0 Å². The lowest BCUT2D eigenvalue weighted by atomic mass is 10.1. The number of ether oxygens (including phenoxy) is 1. The van der Waals surface area contributed by atoms with Crippen molar-refractivity contribution in [1.29, 1.82) is 0 Å². The van der Waals surface area contributed by atoms with Crippen molar-refractivity contribution < 1.29 is 14.6 Å². The summed E-state index contributed by atoms with van der Waals surface area (Å²) in [6.07, 6.45) is 2.53. The number of nitrogens with zero attached hydrogens (tertiary/aromatic N) is 2. The zero-order chi connectivity index (χ0) is 15.0. The summed E-state index contributed by atoms with van der Waals surface area (Å²) in [5.74, 6) is -0.129. The number of aromatic nitrogens is 2. The van der Waals surface area contributed by atoms with E-state index >= 15 is 0 Å². The van der Waals surface area contributed by atoms with Gasteiger partial charge in [0.05, 0.1) is 12.8 Å². The van der Waals surface area contributed by atoms with E-state index in [1.165, 1.54) is 11.3 Å². The fraction of sp³-hybridized carbons (Fsp3) is 0.200. The molecule has 108 valence electrons. The largest absolute Gasteiger partial charge is 0.497 e. The molecule has 0 bridgehead atoms. The molecule has 21 heavy (non-hydrogen) atoms. The Morgan fingerprint density at radius 2 is 2.29 bits per heavy atom. The van der Waals surface area contributed by atoms with Crippen LogP contribution in [0.25, 0.3) is 16.2 Å². The van der Waals surface area contributed by atoms with Crippen LogP contribution in [-0.4, -0.2) is 27.6 Å². The molecule has 0 aliphatic rings. The molecule has 0 aliphatic carbocycles. The highest BCUT2D eigenvalue weighted by Crippen LogP contribution is 2.29. The second-order valence-corrected chi connectivity index (χ2v) is 5.52. The highest BCUT2D eigenvalue weighted by atomic mass is 32.1. The number of carbonyl (C=O) groups is 1. The Morgan fingerprint density at radius 3 is 2.95 bits per heavy atom. The third-order valence-corrected chi connectivity index (χ3v) is 4.40. The molecule has 3 aromatic rings. The molecular weight excluding hydrogens is 288 g/mol. The molecule has 0 fully saturated rings. The lowest BCUT2D eigenvalue weighted by molar-refractivity contribution is 0.0700. The molecule has 0 unspecified atom stereocenters. The van der Waals surface area contributed by atoms with E-state index in [9.17, 15) is 9.90 Å². The quantitative estimate of drug-likeness (QED) is 0.803. The summed E-state index contributed by atoms with van der Waals surface area (Å²) in [7, 11) is 1.62. The third-order valence-electron chi connectivity index (χ3n) is 3.31. The number of methoxy groups -OCH3 is 1. The van der Waals surface area contributed by atoms with Crippen LogP contribution in [0, 0.1) is 0 Å². The first-order valence-corrected chi connectivity index (χ1v) is 7.34. The lowest BCUT2D eigenvalue weighted by Crippen LogP contribution is -1.99. The van der Waals surface area contributed by atoms with Crippen molar-refractivity contribution in [3.63, 3.8) is 0 Å². The van der Waals surface area contributed by atoms with E-state index in [-0.39, 0.29) is 0 Å². The number of thiazole rings is 1. The second-order valence-electron chi connectivity index (χ2n) is 4.55. The molecule has 2 heterocycles. The number of fused-ring (bicyclic) bond motifs is 1. The molecule has 1 aromatic carbocycles. The van der Waals surface area contributed by atoms with Gasteiger partial charge in [0.2, 0.25) is 0 Å². The molecule has 0 radical (unpaired) electrons. The summed E-state index contributed by atoms with van der Waals surface area (Å²) >= 11 is 1.20. The van der Waals surface area contributed by atoms with Crippen molar-refractivity contribution in [2.75, 3.05) is 7.11 Å². The van der Waals surface area contributed by atoms with Gasteiger partial charge in [-0.25, -0.2) is 9.78 Å². The van der Waals surface area contributed by atoms with Gasteiger partial charge in [-0.2, -0.15) is 0 Å². The van der Waals surface area contributed by atoms with Gasteiger partial charge in [0, 0.05) is 17.5 Å². The summed E-state index contributed by atoms with van der Waals surface area (Å²) in [5, 5.41) is 9.22. The Kier molecular flexibility index (Phi) is 3.39. The maximum atomic E-state index is 11.2. The summed E-state index contributed by atoms with van der Waals surface area (Å²) in [5.41, 5.74) is 2.54. The highest BCUT2D eigenvalue weighted by molar-refractivity contribution is 7.19. The molecule has 2 aromatic heterocycles. The smallest absolute Gasteiger partial charge is 0.347 e. The Labute approximate surface area is 125 Å². The minimum atomic E-state index is -0.898. The van der Waals surface area contributed by atoms with Crippen LogP contribution in [0.2, 0.25) is 0 Å². The molecule has 6 heteroatoms. The summed E-state index contributed by atoms with van der Waals surface area (Å²) < 4.78 is 7.08. The minimum absolute atomic E-state index is 0.359. The van der Waals surface area contributed by atoms with E-state index < -0.39 is 5.97 Å². The summed E-state index contributed by atoms with van der Waals surface area (Å²) in [6.45, 7) is 1.94. The molecule has 0 amide bonds. The van der Waals surface area contributed by atoms with Gasteiger partial charge in [-0.05, 0) is 18.6 Å². The van der Waals surface area contributed by atoms with Crippen molar-refractivity contribution in [2.45, 2.75) is 13.3 Å². The van der Waals surface area contributed by atoms with Crippen LogP contribution < -0.4 is 4.74 Å². The molecule has 0 aliphatic heterocycles. The molecule has 1 N–H and O–H groups in total. The number of aromatic carboxylic acids is 1. The molecule has 3 rings (SSSR count). The number of hydrogen-bond acceptors (Lipinski definition) is 4. The van der Waals surface area contributed by atoms with Gasteiger partial charge in [-0.15, -0.1) is 0 Å². The van der Waals surface area contributed by atoms with Crippen molar-refractivity contribution in [1.82, 2.24) is 9.38 Å². The molecular formula is C15H14N2O3S. The van der Waals surface area contributed by atoms with E-state index in [1.54, 1.807) is 7.11 Å². The number of hydrogen-bond donors (Lipinski definition) is 1. The van der Waals surface area contributed by atoms with Crippen LogP contribution in [0.3, 0.4) is 0 Å². The summed E-state index contributed by atoms with van der Waals surface area (Å²) in [6, 6.07) is 7.65. The van der Waals surface area contributed by atoms with Gasteiger partial charge in [-0.3, -0.25) is 4.40 Å². The Balaban J connectivity index is 2.13. The maximum absolute atomic E-state index is 11.2. The number of aryl methyl sites for hydroxylation is 1. The Bertz CT molecular complexity index is 820. The van der Waals surface area contributed by atoms with Gasteiger partial charge >= 0.3 is 5.97 Å². The normalized spacial score (nSPS) is 11.0. The Morgan fingerprint density at radius 1 is 1.48 bits per heavy atom. The predicted molar refractivity (Wildman–Crippen MR) is 81.4 cm³/mol. The van der Waals surface area contributed by atoms with Crippen LogP contribution >= 0.6 is 11.3 Å². The van der Waals surface area contributed by atoms with Gasteiger partial charge < -0.3 is 9.84 Å². The van der Waals surface area contributed by atoms with Crippen LogP contribution in [0.5, 0.6) is 5.75 Å². The molecule has 0 saturated carbocycles. The molecule has 0 atom stereocenters. The van der Waals surface area contributed by atoms with Crippen LogP contribution in [0.1, 0.15) is 22.3 Å². The zero-order valence-electron chi connectivity index (χ0n) is 11.7. The number of imidazole rings is 1. The van der Waals surface area contributed by atoms with Crippen molar-refractivity contribution in [2.24, 2.45) is 0 Å². The standard InChI is InChI=1S/C15H14N2O3S/c1-3-12-13(14(18)19)21-15-16-11(8-17(12)15)9-5-4-6-10(7-9)20-2/h4-8H,3H2,1-2H3,(H,18,19). The summed E-state index contributed by atoms with van der Waals surface area (Å²) in [4.78, 5) is 16.8. The average Bonchev–Trinajstić information content (AvgIpc) is 3.04. The fourth-order valence-corrected chi connectivity index (χ4v) is 3.34. The predicted octanol–water partition coefficient (Wildman–Crippen LogP) is 3.33. The maximum Gasteiger partial charge on any atom is 0.347 e. The third kappa shape index (κ3) is 2.27. The van der Waals surface area contributed by atoms with Crippen molar-refractivity contribution in [3.05, 3.63) is 41.0 Å². The SMILES string of the molecule is CCc1c(C(=O)O)sc2nc(-c3cccc(OC)c3)cn12. The Hall–Kier alpha value is -2.34.